The van der Waals surface area contributed by atoms with Gasteiger partial charge in [0.15, 0.2) is 0 Å². The molecule has 0 spiro atoms. The lowest BCUT2D eigenvalue weighted by Gasteiger charge is -2.31. The molecule has 0 bridgehead atoms. The van der Waals surface area contributed by atoms with E-state index in [-0.39, 0.29) is 0 Å². The molecule has 31 heavy (non-hydrogen) atoms. The van der Waals surface area contributed by atoms with Crippen LogP contribution in [0.4, 0.5) is 5.69 Å². The van der Waals surface area contributed by atoms with Gasteiger partial charge in [-0.2, -0.15) is 11.8 Å². The van der Waals surface area contributed by atoms with Crippen LogP contribution in [0.2, 0.25) is 0 Å². The second kappa shape index (κ2) is 10.5. The van der Waals surface area contributed by atoms with Crippen LogP contribution in [-0.2, 0) is 24.2 Å². The average molecular weight is 441 g/mol. The first-order valence-electron chi connectivity index (χ1n) is 11.1. The van der Waals surface area contributed by atoms with Gasteiger partial charge < -0.3 is 15.3 Å². The van der Waals surface area contributed by atoms with Crippen LogP contribution in [0, 0.1) is 6.92 Å². The molecule has 2 N–H and O–H groups in total. The Labute approximate surface area is 189 Å². The topological polar surface area (TPSA) is 68.7 Å². The van der Waals surface area contributed by atoms with Crippen LogP contribution in [0.1, 0.15) is 22.4 Å². The molecule has 1 fully saturated rings. The molecule has 7 heteroatoms. The van der Waals surface area contributed by atoms with Gasteiger partial charge in [0, 0.05) is 62.4 Å². The summed E-state index contributed by atoms with van der Waals surface area (Å²) in [5.74, 6) is 2.31. The molecule has 0 saturated carbocycles. The third-order valence-electron chi connectivity index (χ3n) is 6.10. The van der Waals surface area contributed by atoms with Crippen molar-refractivity contribution >= 4 is 23.9 Å². The van der Waals surface area contributed by atoms with E-state index in [0.717, 1.165) is 54.4 Å². The summed E-state index contributed by atoms with van der Waals surface area (Å²) in [6.45, 7) is 5.35. The Kier molecular flexibility index (Phi) is 7.48. The van der Waals surface area contributed by atoms with Crippen LogP contribution >= 0.6 is 11.8 Å². The molecular formula is C24H32N4O2S. The molecule has 166 valence electrons. The molecule has 2 aliphatic heterocycles. The van der Waals surface area contributed by atoms with Gasteiger partial charge in [0.25, 0.3) is 0 Å². The number of aryl methyl sites for hydroxylation is 1. The fraction of sp³-hybridized carbons (Fsp3) is 0.500. The zero-order valence-electron chi connectivity index (χ0n) is 18.2. The number of rotatable bonds is 10. The molecule has 1 amide bonds. The number of carbonyl (C=O) groups excluding carboxylic acids is 1. The molecule has 3 heterocycles. The van der Waals surface area contributed by atoms with E-state index >= 15 is 0 Å². The van der Waals surface area contributed by atoms with Crippen molar-refractivity contribution in [1.82, 2.24) is 14.8 Å². The Hall–Kier alpha value is -2.09. The number of pyridine rings is 1. The second-order valence-corrected chi connectivity index (χ2v) is 9.70. The van der Waals surface area contributed by atoms with Gasteiger partial charge in [0.1, 0.15) is 0 Å². The lowest BCUT2D eigenvalue weighted by atomic mass is 10.00. The summed E-state index contributed by atoms with van der Waals surface area (Å²) < 4.78 is 0. The van der Waals surface area contributed by atoms with Gasteiger partial charge in [0.2, 0.25) is 6.41 Å². The molecule has 2 aliphatic rings. The van der Waals surface area contributed by atoms with Gasteiger partial charge in [-0.05, 0) is 36.1 Å². The molecule has 4 rings (SSSR count). The number of nitrogens with zero attached hydrogens (tertiary/aromatic N) is 3. The Morgan fingerprint density at radius 3 is 2.87 bits per heavy atom. The highest BCUT2D eigenvalue weighted by Gasteiger charge is 2.20. The Morgan fingerprint density at radius 2 is 2.16 bits per heavy atom. The van der Waals surface area contributed by atoms with Gasteiger partial charge in [-0.25, -0.2) is 0 Å². The van der Waals surface area contributed by atoms with Crippen molar-refractivity contribution in [3.63, 3.8) is 0 Å². The minimum absolute atomic E-state index is 0.347. The first kappa shape index (κ1) is 22.1. The number of β-amino-alcohol motifs (C(OH)–C–C–N with tert-alkyl or cyclic N) is 1. The van der Waals surface area contributed by atoms with Crippen LogP contribution in [0.5, 0.6) is 0 Å². The molecule has 6 nitrogen and oxygen atoms in total. The minimum Gasteiger partial charge on any atom is -0.390 e. The van der Waals surface area contributed by atoms with E-state index in [1.165, 1.54) is 11.1 Å². The van der Waals surface area contributed by atoms with Crippen LogP contribution < -0.4 is 5.32 Å². The number of aliphatic hydroxyl groups is 1. The van der Waals surface area contributed by atoms with Crippen molar-refractivity contribution < 1.29 is 9.90 Å². The number of fused-ring (bicyclic) bond motifs is 1. The van der Waals surface area contributed by atoms with Crippen LogP contribution in [0.15, 0.2) is 36.5 Å². The molecule has 1 aromatic heterocycles. The highest BCUT2D eigenvalue weighted by molar-refractivity contribution is 8.00. The predicted octanol–water partition coefficient (Wildman–Crippen LogP) is 2.34. The summed E-state index contributed by atoms with van der Waals surface area (Å²) in [6, 6.07) is 11.2. The van der Waals surface area contributed by atoms with E-state index in [9.17, 15) is 9.90 Å². The van der Waals surface area contributed by atoms with E-state index in [4.69, 9.17) is 0 Å². The first-order chi connectivity index (χ1) is 15.1. The number of aliphatic hydroxyl groups excluding tert-OH is 1. The maximum Gasteiger partial charge on any atom is 0.209 e. The molecule has 0 aliphatic carbocycles. The number of thioether (sulfide) groups is 1. The van der Waals surface area contributed by atoms with Crippen molar-refractivity contribution in [2.75, 3.05) is 43.0 Å². The SMILES string of the molecule is Cc1cc(NC2CSC2)cnc1CCN(C=O)CC(O)CN1CCc2ccccc2C1. The third kappa shape index (κ3) is 5.99. The molecule has 1 saturated heterocycles. The number of aromatic nitrogens is 1. The zero-order chi connectivity index (χ0) is 21.6. The number of nitrogens with one attached hydrogen (secondary N) is 1. The molecular weight excluding hydrogens is 408 g/mol. The molecule has 1 atom stereocenters. The number of amides is 1. The van der Waals surface area contributed by atoms with E-state index in [1.807, 2.05) is 18.0 Å². The number of anilines is 1. The summed E-state index contributed by atoms with van der Waals surface area (Å²) in [5.41, 5.74) is 5.94. The summed E-state index contributed by atoms with van der Waals surface area (Å²) in [5, 5.41) is 14.1. The Balaban J connectivity index is 1.24. The molecule has 2 aromatic rings. The lowest BCUT2D eigenvalue weighted by Crippen LogP contribution is -2.42. The van der Waals surface area contributed by atoms with Crippen molar-refractivity contribution in [1.29, 1.82) is 0 Å². The first-order valence-corrected chi connectivity index (χ1v) is 12.2. The van der Waals surface area contributed by atoms with Crippen LogP contribution in [0.25, 0.3) is 0 Å². The van der Waals surface area contributed by atoms with Gasteiger partial charge >= 0.3 is 0 Å². The number of carbonyl (C=O) groups is 1. The minimum atomic E-state index is -0.559. The summed E-state index contributed by atoms with van der Waals surface area (Å²) in [6.07, 6.45) is 3.87. The molecule has 1 unspecified atom stereocenters. The van der Waals surface area contributed by atoms with Crippen LogP contribution in [-0.4, -0.2) is 76.1 Å². The van der Waals surface area contributed by atoms with E-state index in [0.29, 0.717) is 32.1 Å². The second-order valence-electron chi connectivity index (χ2n) is 8.62. The maximum absolute atomic E-state index is 11.6. The highest BCUT2D eigenvalue weighted by atomic mass is 32.2. The van der Waals surface area contributed by atoms with Crippen molar-refractivity contribution in [3.8, 4) is 0 Å². The van der Waals surface area contributed by atoms with Crippen LogP contribution in [0.3, 0.4) is 0 Å². The number of hydrogen-bond acceptors (Lipinski definition) is 6. The lowest BCUT2D eigenvalue weighted by molar-refractivity contribution is -0.119. The van der Waals surface area contributed by atoms with Crippen molar-refractivity contribution in [3.05, 3.63) is 58.9 Å². The van der Waals surface area contributed by atoms with Gasteiger partial charge in [-0.3, -0.25) is 14.7 Å². The molecule has 0 radical (unpaired) electrons. The van der Waals surface area contributed by atoms with E-state index in [1.54, 1.807) is 4.90 Å². The Bertz CT molecular complexity index is 890. The fourth-order valence-electron chi connectivity index (χ4n) is 4.27. The largest absolute Gasteiger partial charge is 0.390 e. The predicted molar refractivity (Wildman–Crippen MR) is 126 cm³/mol. The van der Waals surface area contributed by atoms with Crippen molar-refractivity contribution in [2.24, 2.45) is 0 Å². The number of hydrogen-bond donors (Lipinski definition) is 2. The Morgan fingerprint density at radius 1 is 1.35 bits per heavy atom. The van der Waals surface area contributed by atoms with E-state index < -0.39 is 6.10 Å². The fourth-order valence-corrected chi connectivity index (χ4v) is 4.91. The summed E-state index contributed by atoms with van der Waals surface area (Å²) in [7, 11) is 0. The normalized spacial score (nSPS) is 17.5. The van der Waals surface area contributed by atoms with Gasteiger partial charge in [0.05, 0.1) is 18.0 Å². The van der Waals surface area contributed by atoms with Crippen molar-refractivity contribution in [2.45, 2.75) is 38.5 Å². The summed E-state index contributed by atoms with van der Waals surface area (Å²) >= 11 is 1.95. The van der Waals surface area contributed by atoms with Gasteiger partial charge in [-0.1, -0.05) is 24.3 Å². The molecule has 1 aromatic carbocycles. The monoisotopic (exact) mass is 440 g/mol. The summed E-state index contributed by atoms with van der Waals surface area (Å²) in [4.78, 5) is 20.1. The average Bonchev–Trinajstić information content (AvgIpc) is 2.74. The maximum atomic E-state index is 11.6. The quantitative estimate of drug-likeness (QED) is 0.553. The highest BCUT2D eigenvalue weighted by Crippen LogP contribution is 2.23. The van der Waals surface area contributed by atoms with E-state index in [2.05, 4.69) is 52.5 Å². The number of benzene rings is 1. The zero-order valence-corrected chi connectivity index (χ0v) is 19.0. The third-order valence-corrected chi connectivity index (χ3v) is 7.38. The standard InChI is InChI=1S/C24H32N4O2S/c1-18-10-21(26-22-15-31-16-22)11-25-24(18)7-9-28(17-29)14-23(30)13-27-8-6-19-4-2-3-5-20(19)12-27/h2-5,10-11,17,22-23,26,30H,6-9,12-16H2,1H3. The van der Waals surface area contributed by atoms with Gasteiger partial charge in [-0.15, -0.1) is 0 Å². The smallest absolute Gasteiger partial charge is 0.209 e.